The maximum atomic E-state index is 12.9. The van der Waals surface area contributed by atoms with Gasteiger partial charge in [0.25, 0.3) is 5.91 Å². The van der Waals surface area contributed by atoms with Crippen LogP contribution in [-0.2, 0) is 11.0 Å². The van der Waals surface area contributed by atoms with E-state index in [1.807, 2.05) is 4.90 Å². The fourth-order valence-corrected chi connectivity index (χ4v) is 3.04. The van der Waals surface area contributed by atoms with Crippen LogP contribution in [0.25, 0.3) is 0 Å². The van der Waals surface area contributed by atoms with Gasteiger partial charge in [-0.1, -0.05) is 6.07 Å². The van der Waals surface area contributed by atoms with Crippen LogP contribution in [0.5, 0.6) is 5.75 Å². The molecule has 1 aliphatic rings. The number of hydrogen-bond acceptors (Lipinski definition) is 4. The van der Waals surface area contributed by atoms with Gasteiger partial charge in [0.15, 0.2) is 6.61 Å². The van der Waals surface area contributed by atoms with E-state index in [4.69, 9.17) is 10.5 Å². The van der Waals surface area contributed by atoms with E-state index in [0.29, 0.717) is 43.2 Å². The van der Waals surface area contributed by atoms with Crippen LogP contribution < -0.4 is 15.4 Å². The summed E-state index contributed by atoms with van der Waals surface area (Å²) in [5.41, 5.74) is 5.30. The van der Waals surface area contributed by atoms with Crippen molar-refractivity contribution in [1.29, 1.82) is 0 Å². The quantitative estimate of drug-likeness (QED) is 0.827. The number of amides is 2. The molecular formula is C20H20F3N3O3. The van der Waals surface area contributed by atoms with E-state index < -0.39 is 17.6 Å². The second-order valence-corrected chi connectivity index (χ2v) is 6.59. The summed E-state index contributed by atoms with van der Waals surface area (Å²) in [5, 5.41) is 0. The SMILES string of the molecule is NC(=O)c1ccc(OCC(=O)N2CCN(c3cccc(C(F)(F)F)c3)CC2)cc1. The Morgan fingerprint density at radius 2 is 1.66 bits per heavy atom. The Kier molecular flexibility index (Phi) is 5.95. The molecule has 0 saturated carbocycles. The lowest BCUT2D eigenvalue weighted by molar-refractivity contribution is -0.137. The molecule has 2 aromatic rings. The minimum absolute atomic E-state index is 0.167. The summed E-state index contributed by atoms with van der Waals surface area (Å²) < 4.78 is 44.1. The minimum atomic E-state index is -4.39. The third-order valence-electron chi connectivity index (χ3n) is 4.67. The molecule has 0 bridgehead atoms. The number of ether oxygens (including phenoxy) is 1. The highest BCUT2D eigenvalue weighted by atomic mass is 19.4. The number of piperazine rings is 1. The number of carbonyl (C=O) groups is 2. The topological polar surface area (TPSA) is 75.9 Å². The van der Waals surface area contributed by atoms with Crippen LogP contribution >= 0.6 is 0 Å². The Morgan fingerprint density at radius 1 is 1.00 bits per heavy atom. The lowest BCUT2D eigenvalue weighted by atomic mass is 10.1. The molecular weight excluding hydrogens is 387 g/mol. The van der Waals surface area contributed by atoms with Gasteiger partial charge in [0.05, 0.1) is 5.56 Å². The first kappa shape index (κ1) is 20.5. The van der Waals surface area contributed by atoms with Gasteiger partial charge in [0.1, 0.15) is 5.75 Å². The highest BCUT2D eigenvalue weighted by Gasteiger charge is 2.31. The number of benzene rings is 2. The number of nitrogens with zero attached hydrogens (tertiary/aromatic N) is 2. The molecule has 2 amide bonds. The van der Waals surface area contributed by atoms with Crippen molar-refractivity contribution in [2.45, 2.75) is 6.18 Å². The van der Waals surface area contributed by atoms with Crippen molar-refractivity contribution in [2.75, 3.05) is 37.7 Å². The molecule has 0 atom stereocenters. The molecule has 0 unspecified atom stereocenters. The van der Waals surface area contributed by atoms with Gasteiger partial charge in [-0.2, -0.15) is 13.2 Å². The van der Waals surface area contributed by atoms with Gasteiger partial charge in [-0.25, -0.2) is 0 Å². The first-order valence-corrected chi connectivity index (χ1v) is 8.97. The normalized spacial score (nSPS) is 14.6. The van der Waals surface area contributed by atoms with Gasteiger partial charge < -0.3 is 20.3 Å². The summed E-state index contributed by atoms with van der Waals surface area (Å²) in [7, 11) is 0. The maximum absolute atomic E-state index is 12.9. The van der Waals surface area contributed by atoms with E-state index >= 15 is 0 Å². The number of primary amides is 1. The van der Waals surface area contributed by atoms with Crippen molar-refractivity contribution >= 4 is 17.5 Å². The molecule has 154 valence electrons. The Morgan fingerprint density at radius 3 is 2.24 bits per heavy atom. The van der Waals surface area contributed by atoms with Crippen LogP contribution in [-0.4, -0.2) is 49.5 Å². The first-order chi connectivity index (χ1) is 13.7. The van der Waals surface area contributed by atoms with Gasteiger partial charge >= 0.3 is 6.18 Å². The number of alkyl halides is 3. The van der Waals surface area contributed by atoms with Crippen LogP contribution in [0.4, 0.5) is 18.9 Å². The van der Waals surface area contributed by atoms with Crippen molar-refractivity contribution in [1.82, 2.24) is 4.90 Å². The third-order valence-corrected chi connectivity index (χ3v) is 4.67. The molecule has 0 aromatic heterocycles. The average Bonchev–Trinajstić information content (AvgIpc) is 2.72. The summed E-state index contributed by atoms with van der Waals surface area (Å²) in [6, 6.07) is 11.3. The van der Waals surface area contributed by atoms with Crippen LogP contribution in [0.3, 0.4) is 0 Å². The molecule has 29 heavy (non-hydrogen) atoms. The number of carbonyl (C=O) groups excluding carboxylic acids is 2. The predicted octanol–water partition coefficient (Wildman–Crippen LogP) is 2.53. The maximum Gasteiger partial charge on any atom is 0.416 e. The number of nitrogens with two attached hydrogens (primary N) is 1. The zero-order chi connectivity index (χ0) is 21.0. The fourth-order valence-electron chi connectivity index (χ4n) is 3.04. The van der Waals surface area contributed by atoms with E-state index in [1.54, 1.807) is 23.1 Å². The Balaban J connectivity index is 1.51. The Labute approximate surface area is 165 Å². The monoisotopic (exact) mass is 407 g/mol. The molecule has 2 aromatic carbocycles. The number of hydrogen-bond donors (Lipinski definition) is 1. The van der Waals surface area contributed by atoms with E-state index in [9.17, 15) is 22.8 Å². The van der Waals surface area contributed by atoms with E-state index in [2.05, 4.69) is 0 Å². The van der Waals surface area contributed by atoms with Crippen molar-refractivity contribution < 1.29 is 27.5 Å². The van der Waals surface area contributed by atoms with Gasteiger partial charge in [0, 0.05) is 37.4 Å². The predicted molar refractivity (Wildman–Crippen MR) is 101 cm³/mol. The fraction of sp³-hybridized carbons (Fsp3) is 0.300. The van der Waals surface area contributed by atoms with Crippen molar-refractivity contribution in [3.05, 3.63) is 59.7 Å². The number of halogens is 3. The van der Waals surface area contributed by atoms with Crippen molar-refractivity contribution in [3.63, 3.8) is 0 Å². The second kappa shape index (κ2) is 8.42. The molecule has 0 spiro atoms. The highest BCUT2D eigenvalue weighted by Crippen LogP contribution is 2.31. The molecule has 0 aliphatic carbocycles. The van der Waals surface area contributed by atoms with Gasteiger partial charge in [0.2, 0.25) is 5.91 Å². The molecule has 6 nitrogen and oxygen atoms in total. The van der Waals surface area contributed by atoms with Gasteiger partial charge in [-0.05, 0) is 42.5 Å². The lowest BCUT2D eigenvalue weighted by Crippen LogP contribution is -2.50. The minimum Gasteiger partial charge on any atom is -0.484 e. The van der Waals surface area contributed by atoms with Crippen LogP contribution in [0, 0.1) is 0 Å². The molecule has 9 heteroatoms. The van der Waals surface area contributed by atoms with Crippen LogP contribution in [0.15, 0.2) is 48.5 Å². The Bertz CT molecular complexity index is 877. The summed E-state index contributed by atoms with van der Waals surface area (Å²) in [6.07, 6.45) is -4.39. The van der Waals surface area contributed by atoms with E-state index in [-0.39, 0.29) is 12.5 Å². The van der Waals surface area contributed by atoms with E-state index in [0.717, 1.165) is 12.1 Å². The van der Waals surface area contributed by atoms with Crippen LogP contribution in [0.1, 0.15) is 15.9 Å². The Hall–Kier alpha value is -3.23. The molecule has 1 saturated heterocycles. The lowest BCUT2D eigenvalue weighted by Gasteiger charge is -2.36. The largest absolute Gasteiger partial charge is 0.484 e. The number of anilines is 1. The summed E-state index contributed by atoms with van der Waals surface area (Å²) in [4.78, 5) is 26.8. The molecule has 3 rings (SSSR count). The zero-order valence-electron chi connectivity index (χ0n) is 15.5. The highest BCUT2D eigenvalue weighted by molar-refractivity contribution is 5.92. The smallest absolute Gasteiger partial charge is 0.416 e. The second-order valence-electron chi connectivity index (χ2n) is 6.59. The van der Waals surface area contributed by atoms with Crippen LogP contribution in [0.2, 0.25) is 0 Å². The molecule has 1 aliphatic heterocycles. The average molecular weight is 407 g/mol. The summed E-state index contributed by atoms with van der Waals surface area (Å²) in [5.74, 6) is -0.329. The first-order valence-electron chi connectivity index (χ1n) is 8.97. The van der Waals surface area contributed by atoms with Gasteiger partial charge in [-0.15, -0.1) is 0 Å². The summed E-state index contributed by atoms with van der Waals surface area (Å²) >= 11 is 0. The van der Waals surface area contributed by atoms with Crippen molar-refractivity contribution in [2.24, 2.45) is 5.73 Å². The zero-order valence-corrected chi connectivity index (χ0v) is 15.5. The summed E-state index contributed by atoms with van der Waals surface area (Å²) in [6.45, 7) is 1.47. The molecule has 1 fully saturated rings. The van der Waals surface area contributed by atoms with Gasteiger partial charge in [-0.3, -0.25) is 9.59 Å². The third kappa shape index (κ3) is 5.18. The molecule has 1 heterocycles. The number of rotatable bonds is 5. The molecule has 2 N–H and O–H groups in total. The molecule has 0 radical (unpaired) electrons. The van der Waals surface area contributed by atoms with E-state index in [1.165, 1.54) is 18.2 Å². The van der Waals surface area contributed by atoms with Crippen molar-refractivity contribution in [3.8, 4) is 5.75 Å². The standard InChI is InChI=1S/C20H20F3N3O3/c21-20(22,23)15-2-1-3-16(12-15)25-8-10-26(11-9-25)18(27)13-29-17-6-4-14(5-7-17)19(24)28/h1-7,12H,8-11,13H2,(H2,24,28).